The predicted molar refractivity (Wildman–Crippen MR) is 117 cm³/mol. The molecule has 0 saturated heterocycles. The smallest absolute Gasteiger partial charge is 0.230 e. The van der Waals surface area contributed by atoms with Crippen LogP contribution in [0.3, 0.4) is 0 Å². The van der Waals surface area contributed by atoms with Gasteiger partial charge in [0.15, 0.2) is 0 Å². The van der Waals surface area contributed by atoms with Crippen molar-refractivity contribution in [1.82, 2.24) is 0 Å². The third-order valence-electron chi connectivity index (χ3n) is 6.19. The maximum absolute atomic E-state index is 12.9. The fourth-order valence-corrected chi connectivity index (χ4v) is 4.32. The topological polar surface area (TPSA) is 52.7 Å². The first-order chi connectivity index (χ1) is 14.0. The minimum atomic E-state index is -0.225. The molecular formula is C24H29N3O2. The molecule has 5 heteroatoms. The van der Waals surface area contributed by atoms with Crippen LogP contribution in [-0.4, -0.2) is 31.4 Å². The van der Waals surface area contributed by atoms with Gasteiger partial charge in [0.2, 0.25) is 11.8 Å². The lowest BCUT2D eigenvalue weighted by molar-refractivity contribution is -0.123. The number of rotatable bonds is 6. The molecule has 4 rings (SSSR count). The number of hydrogen-bond acceptors (Lipinski definition) is 3. The summed E-state index contributed by atoms with van der Waals surface area (Å²) in [5.74, 6) is -0.383. The van der Waals surface area contributed by atoms with Gasteiger partial charge in [-0.3, -0.25) is 9.59 Å². The maximum atomic E-state index is 12.9. The van der Waals surface area contributed by atoms with Crippen molar-refractivity contribution in [2.24, 2.45) is 11.8 Å². The van der Waals surface area contributed by atoms with E-state index in [0.29, 0.717) is 6.42 Å². The molecule has 1 fully saturated rings. The molecule has 5 nitrogen and oxygen atoms in total. The van der Waals surface area contributed by atoms with Gasteiger partial charge in [-0.1, -0.05) is 18.2 Å². The first-order valence-corrected chi connectivity index (χ1v) is 10.6. The Kier molecular flexibility index (Phi) is 5.31. The van der Waals surface area contributed by atoms with E-state index in [9.17, 15) is 9.59 Å². The number of fused-ring (bicyclic) bond motifs is 1. The van der Waals surface area contributed by atoms with Gasteiger partial charge in [0.25, 0.3) is 0 Å². The van der Waals surface area contributed by atoms with Gasteiger partial charge in [0.05, 0.1) is 11.8 Å². The summed E-state index contributed by atoms with van der Waals surface area (Å²) in [5, 5.41) is 3.04. The average Bonchev–Trinajstić information content (AvgIpc) is 3.42. The van der Waals surface area contributed by atoms with Crippen LogP contribution >= 0.6 is 0 Å². The highest BCUT2D eigenvalue weighted by molar-refractivity contribution is 6.05. The minimum absolute atomic E-state index is 0.0467. The molecule has 2 aromatic rings. The number of hydrogen-bond donors (Lipinski definition) is 1. The Morgan fingerprint density at radius 1 is 1.10 bits per heavy atom. The fraction of sp³-hybridized carbons (Fsp3) is 0.417. The van der Waals surface area contributed by atoms with Crippen LogP contribution in [0.5, 0.6) is 0 Å². The molecule has 152 valence electrons. The Morgan fingerprint density at radius 3 is 2.59 bits per heavy atom. The molecule has 2 unspecified atom stereocenters. The van der Waals surface area contributed by atoms with E-state index in [4.69, 9.17) is 0 Å². The standard InChI is InChI=1S/C24H29N3O2/c1-4-26(5-2)18-10-11-21(16(3)14-18)25-23(28)19-15-20(19)24(29)27-13-12-17-8-6-7-9-22(17)27/h6-11,14,19-20H,4-5,12-13,15H2,1-3H3,(H,25,28). The Hall–Kier alpha value is -2.82. The Labute approximate surface area is 172 Å². The quantitative estimate of drug-likeness (QED) is 0.810. The molecule has 2 aliphatic rings. The van der Waals surface area contributed by atoms with E-state index in [1.165, 1.54) is 5.56 Å². The first-order valence-electron chi connectivity index (χ1n) is 10.6. The SMILES string of the molecule is CCN(CC)c1ccc(NC(=O)C2CC2C(=O)N2CCc3ccccc32)c(C)c1. The molecular weight excluding hydrogens is 362 g/mol. The van der Waals surface area contributed by atoms with Crippen LogP contribution in [0.2, 0.25) is 0 Å². The van der Waals surface area contributed by atoms with Crippen molar-refractivity contribution in [2.45, 2.75) is 33.6 Å². The van der Waals surface area contributed by atoms with E-state index < -0.39 is 0 Å². The lowest BCUT2D eigenvalue weighted by atomic mass is 10.1. The van der Waals surface area contributed by atoms with Crippen LogP contribution in [0.25, 0.3) is 0 Å². The molecule has 0 spiro atoms. The third kappa shape index (κ3) is 3.74. The van der Waals surface area contributed by atoms with Gasteiger partial charge in [0.1, 0.15) is 0 Å². The number of nitrogens with zero attached hydrogens (tertiary/aromatic N) is 2. The normalized spacial score (nSPS) is 19.6. The first kappa shape index (κ1) is 19.5. The number of aryl methyl sites for hydroxylation is 1. The monoisotopic (exact) mass is 391 g/mol. The van der Waals surface area contributed by atoms with Crippen LogP contribution in [0.1, 0.15) is 31.4 Å². The zero-order chi connectivity index (χ0) is 20.5. The summed E-state index contributed by atoms with van der Waals surface area (Å²) >= 11 is 0. The molecule has 1 aliphatic carbocycles. The number of benzene rings is 2. The fourth-order valence-electron chi connectivity index (χ4n) is 4.32. The molecule has 1 heterocycles. The minimum Gasteiger partial charge on any atom is -0.372 e. The van der Waals surface area contributed by atoms with Gasteiger partial charge in [0, 0.05) is 36.7 Å². The Morgan fingerprint density at radius 2 is 1.86 bits per heavy atom. The average molecular weight is 392 g/mol. The van der Waals surface area contributed by atoms with Gasteiger partial charge < -0.3 is 15.1 Å². The lowest BCUT2D eigenvalue weighted by Gasteiger charge is -2.22. The largest absolute Gasteiger partial charge is 0.372 e. The molecule has 0 radical (unpaired) electrons. The lowest BCUT2D eigenvalue weighted by Crippen LogP contribution is -2.32. The van der Waals surface area contributed by atoms with Crippen molar-refractivity contribution >= 4 is 28.9 Å². The van der Waals surface area contributed by atoms with Gasteiger partial charge >= 0.3 is 0 Å². The maximum Gasteiger partial charge on any atom is 0.230 e. The third-order valence-corrected chi connectivity index (χ3v) is 6.19. The summed E-state index contributed by atoms with van der Waals surface area (Å²) in [4.78, 5) is 29.8. The van der Waals surface area contributed by atoms with Gasteiger partial charge in [-0.25, -0.2) is 0 Å². The van der Waals surface area contributed by atoms with Crippen molar-refractivity contribution in [3.05, 3.63) is 53.6 Å². The number of nitrogens with one attached hydrogen (secondary N) is 1. The van der Waals surface area contributed by atoms with Crippen molar-refractivity contribution in [2.75, 3.05) is 34.8 Å². The van der Waals surface area contributed by atoms with E-state index in [1.54, 1.807) is 0 Å². The summed E-state index contributed by atoms with van der Waals surface area (Å²) < 4.78 is 0. The second-order valence-corrected chi connectivity index (χ2v) is 7.98. The zero-order valence-corrected chi connectivity index (χ0v) is 17.4. The van der Waals surface area contributed by atoms with Crippen LogP contribution in [0, 0.1) is 18.8 Å². The van der Waals surface area contributed by atoms with E-state index in [1.807, 2.05) is 42.2 Å². The molecule has 1 aliphatic heterocycles. The van der Waals surface area contributed by atoms with Crippen molar-refractivity contribution in [1.29, 1.82) is 0 Å². The molecule has 0 bridgehead atoms. The summed E-state index contributed by atoms with van der Waals surface area (Å²) in [6.45, 7) is 8.91. The van der Waals surface area contributed by atoms with Crippen molar-refractivity contribution < 1.29 is 9.59 Å². The van der Waals surface area contributed by atoms with E-state index >= 15 is 0 Å². The molecule has 2 aromatic carbocycles. The highest BCUT2D eigenvalue weighted by Crippen LogP contribution is 2.43. The van der Waals surface area contributed by atoms with Gasteiger partial charge in [-0.05, 0) is 69.0 Å². The number of para-hydroxylation sites is 1. The summed E-state index contributed by atoms with van der Waals surface area (Å²) in [6.07, 6.45) is 1.53. The van der Waals surface area contributed by atoms with Crippen LogP contribution in [0.15, 0.2) is 42.5 Å². The molecule has 2 atom stereocenters. The van der Waals surface area contributed by atoms with Crippen molar-refractivity contribution in [3.8, 4) is 0 Å². The van der Waals surface area contributed by atoms with Crippen LogP contribution in [0.4, 0.5) is 17.1 Å². The number of amides is 2. The Balaban J connectivity index is 1.39. The van der Waals surface area contributed by atoms with Crippen LogP contribution in [-0.2, 0) is 16.0 Å². The molecule has 1 N–H and O–H groups in total. The highest BCUT2D eigenvalue weighted by Gasteiger charge is 2.50. The second-order valence-electron chi connectivity index (χ2n) is 7.98. The van der Waals surface area contributed by atoms with Gasteiger partial charge in [-0.2, -0.15) is 0 Å². The Bertz CT molecular complexity index is 935. The molecule has 0 aromatic heterocycles. The number of carbonyl (C=O) groups excluding carboxylic acids is 2. The van der Waals surface area contributed by atoms with Crippen LogP contribution < -0.4 is 15.1 Å². The molecule has 1 saturated carbocycles. The second kappa shape index (κ2) is 7.90. The number of carbonyl (C=O) groups is 2. The number of anilines is 3. The van der Waals surface area contributed by atoms with Crippen molar-refractivity contribution in [3.63, 3.8) is 0 Å². The highest BCUT2D eigenvalue weighted by atomic mass is 16.2. The predicted octanol–water partition coefficient (Wildman–Crippen LogP) is 4.01. The van der Waals surface area contributed by atoms with Gasteiger partial charge in [-0.15, -0.1) is 0 Å². The summed E-state index contributed by atoms with van der Waals surface area (Å²) in [6, 6.07) is 14.2. The summed E-state index contributed by atoms with van der Waals surface area (Å²) in [5.41, 5.74) is 5.26. The summed E-state index contributed by atoms with van der Waals surface area (Å²) in [7, 11) is 0. The zero-order valence-electron chi connectivity index (χ0n) is 17.4. The molecule has 2 amide bonds. The molecule has 29 heavy (non-hydrogen) atoms. The van der Waals surface area contributed by atoms with E-state index in [2.05, 4.69) is 36.2 Å². The van der Waals surface area contributed by atoms with E-state index in [0.717, 1.165) is 48.7 Å². The van der Waals surface area contributed by atoms with E-state index in [-0.39, 0.29) is 23.7 Å².